The number of likely N-dealkylation sites (N-methyl/N-ethyl adjacent to an activating group) is 1. The summed E-state index contributed by atoms with van der Waals surface area (Å²) >= 11 is 5.58. The third kappa shape index (κ3) is 6.07. The molecule has 1 unspecified atom stereocenters. The maximum absolute atomic E-state index is 13.0. The van der Waals surface area contributed by atoms with Crippen LogP contribution in [0.2, 0.25) is 5.02 Å². The van der Waals surface area contributed by atoms with Crippen molar-refractivity contribution in [1.29, 1.82) is 0 Å². The van der Waals surface area contributed by atoms with Gasteiger partial charge in [-0.05, 0) is 38.2 Å². The predicted octanol–water partition coefficient (Wildman–Crippen LogP) is 1.84. The van der Waals surface area contributed by atoms with E-state index in [4.69, 9.17) is 22.1 Å². The standard InChI is InChI=1S/C22H26ClF3N8O4/c1-33(6-2-5-28-21(37)32-11-3-4-13(23)12(7-11)22(24,25)26)8-14-16(35)17(36)20(38-14)34-10-31-15-18(27)29-9-30-19(15)34/h3-4,7,9-10,14,16-17,20,35-36H,2,5-6,8H2,1H3,(H2,27,29,30)(H2,28,32,37)/t14-,16+,17?,20-/m1/s1. The number of rotatable bonds is 8. The number of aliphatic hydroxyl groups is 2. The van der Waals surface area contributed by atoms with E-state index in [1.165, 1.54) is 23.3 Å². The minimum absolute atomic E-state index is 0.0448. The van der Waals surface area contributed by atoms with Crippen LogP contribution in [0.15, 0.2) is 30.9 Å². The van der Waals surface area contributed by atoms with Crippen LogP contribution in [0.3, 0.4) is 0 Å². The normalized spacial score (nSPS) is 21.8. The molecule has 38 heavy (non-hydrogen) atoms. The van der Waals surface area contributed by atoms with E-state index in [1.54, 1.807) is 7.05 Å². The highest BCUT2D eigenvalue weighted by atomic mass is 35.5. The lowest BCUT2D eigenvalue weighted by Crippen LogP contribution is -2.39. The monoisotopic (exact) mass is 558 g/mol. The number of anilines is 2. The van der Waals surface area contributed by atoms with E-state index in [1.807, 2.05) is 4.90 Å². The summed E-state index contributed by atoms with van der Waals surface area (Å²) in [5.74, 6) is 0.180. The van der Waals surface area contributed by atoms with E-state index < -0.39 is 47.3 Å². The second-order valence-electron chi connectivity index (χ2n) is 8.82. The Balaban J connectivity index is 1.23. The van der Waals surface area contributed by atoms with E-state index in [0.717, 1.165) is 12.1 Å². The maximum atomic E-state index is 13.0. The van der Waals surface area contributed by atoms with Gasteiger partial charge in [-0.3, -0.25) is 4.57 Å². The molecule has 0 radical (unpaired) electrons. The minimum Gasteiger partial charge on any atom is -0.387 e. The SMILES string of the molecule is CN(CCCNC(=O)Nc1ccc(Cl)c(C(F)(F)F)c1)C[C@H]1O[C@@H](n2cnc3c(N)ncnc32)C(O)[C@H]1O. The van der Waals surface area contributed by atoms with Crippen molar-refractivity contribution < 1.29 is 32.9 Å². The number of aliphatic hydroxyl groups excluding tert-OH is 2. The van der Waals surface area contributed by atoms with Gasteiger partial charge in [0.05, 0.1) is 16.9 Å². The number of carbonyl (C=O) groups is 1. The first kappa shape index (κ1) is 27.8. The number of nitrogens with two attached hydrogens (primary N) is 1. The molecule has 4 rings (SSSR count). The summed E-state index contributed by atoms with van der Waals surface area (Å²) in [4.78, 5) is 26.1. The molecule has 3 aromatic rings. The lowest BCUT2D eigenvalue weighted by Gasteiger charge is -2.22. The molecule has 16 heteroatoms. The Morgan fingerprint density at radius 2 is 2.03 bits per heavy atom. The number of carbonyl (C=O) groups excluding carboxylic acids is 1. The Hall–Kier alpha value is -3.24. The van der Waals surface area contributed by atoms with Crippen molar-refractivity contribution in [3.8, 4) is 0 Å². The highest BCUT2D eigenvalue weighted by Gasteiger charge is 2.44. The van der Waals surface area contributed by atoms with E-state index in [-0.39, 0.29) is 24.6 Å². The van der Waals surface area contributed by atoms with Crippen molar-refractivity contribution in [3.63, 3.8) is 0 Å². The smallest absolute Gasteiger partial charge is 0.387 e. The average Bonchev–Trinajstić information content (AvgIpc) is 3.40. The van der Waals surface area contributed by atoms with Crippen LogP contribution in [-0.4, -0.2) is 85.7 Å². The molecule has 0 aliphatic carbocycles. The highest BCUT2D eigenvalue weighted by Crippen LogP contribution is 2.36. The van der Waals surface area contributed by atoms with Crippen LogP contribution < -0.4 is 16.4 Å². The van der Waals surface area contributed by atoms with Gasteiger partial charge in [0, 0.05) is 18.8 Å². The number of nitrogens with zero attached hydrogens (tertiary/aromatic N) is 5. The van der Waals surface area contributed by atoms with E-state index in [2.05, 4.69) is 25.6 Å². The number of hydrogen-bond acceptors (Lipinski definition) is 9. The van der Waals surface area contributed by atoms with Gasteiger partial charge in [-0.15, -0.1) is 0 Å². The molecule has 1 aliphatic heterocycles. The molecule has 0 spiro atoms. The second-order valence-corrected chi connectivity index (χ2v) is 9.23. The van der Waals surface area contributed by atoms with Gasteiger partial charge in [-0.25, -0.2) is 19.7 Å². The minimum atomic E-state index is -4.64. The Morgan fingerprint density at radius 3 is 2.76 bits per heavy atom. The number of nitrogen functional groups attached to an aromatic ring is 1. The van der Waals surface area contributed by atoms with E-state index in [9.17, 15) is 28.2 Å². The van der Waals surface area contributed by atoms with Gasteiger partial charge in [0.2, 0.25) is 0 Å². The third-order valence-corrected chi connectivity index (χ3v) is 6.35. The fraction of sp³-hybridized carbons (Fsp3) is 0.455. The fourth-order valence-electron chi connectivity index (χ4n) is 4.11. The number of halogens is 4. The number of benzene rings is 1. The number of amides is 2. The summed E-state index contributed by atoms with van der Waals surface area (Å²) in [5, 5.41) is 25.6. The summed E-state index contributed by atoms with van der Waals surface area (Å²) in [6.07, 6.45) is -5.54. The van der Waals surface area contributed by atoms with Crippen molar-refractivity contribution in [2.24, 2.45) is 0 Å². The van der Waals surface area contributed by atoms with Crippen molar-refractivity contribution in [3.05, 3.63) is 41.4 Å². The first-order valence-electron chi connectivity index (χ1n) is 11.5. The Morgan fingerprint density at radius 1 is 1.26 bits per heavy atom. The highest BCUT2D eigenvalue weighted by molar-refractivity contribution is 6.31. The number of urea groups is 1. The van der Waals surface area contributed by atoms with Crippen LogP contribution >= 0.6 is 11.6 Å². The van der Waals surface area contributed by atoms with Gasteiger partial charge in [0.1, 0.15) is 30.2 Å². The number of hydrogen-bond donors (Lipinski definition) is 5. The van der Waals surface area contributed by atoms with Gasteiger partial charge >= 0.3 is 12.2 Å². The summed E-state index contributed by atoms with van der Waals surface area (Å²) in [6.45, 7) is 0.998. The van der Waals surface area contributed by atoms with Crippen LogP contribution in [0.25, 0.3) is 11.2 Å². The summed E-state index contributed by atoms with van der Waals surface area (Å²) < 4.78 is 46.3. The zero-order valence-electron chi connectivity index (χ0n) is 20.1. The number of imidazole rings is 1. The van der Waals surface area contributed by atoms with Crippen molar-refractivity contribution in [1.82, 2.24) is 29.7 Å². The lowest BCUT2D eigenvalue weighted by molar-refractivity contribution is -0.137. The molecular formula is C22H26ClF3N8O4. The molecule has 12 nitrogen and oxygen atoms in total. The molecule has 1 fully saturated rings. The molecule has 1 saturated heterocycles. The second kappa shape index (κ2) is 11.2. The molecule has 6 N–H and O–H groups in total. The molecule has 2 amide bonds. The predicted molar refractivity (Wildman–Crippen MR) is 131 cm³/mol. The van der Waals surface area contributed by atoms with Crippen molar-refractivity contribution >= 4 is 40.3 Å². The number of fused-ring (bicyclic) bond motifs is 1. The Bertz CT molecular complexity index is 1290. The summed E-state index contributed by atoms with van der Waals surface area (Å²) in [6, 6.07) is 2.43. The van der Waals surface area contributed by atoms with Gasteiger partial charge < -0.3 is 36.2 Å². The van der Waals surface area contributed by atoms with Crippen LogP contribution in [0, 0.1) is 0 Å². The first-order valence-corrected chi connectivity index (χ1v) is 11.9. The lowest BCUT2D eigenvalue weighted by atomic mass is 10.1. The Kier molecular flexibility index (Phi) is 8.22. The van der Waals surface area contributed by atoms with Crippen molar-refractivity contribution in [2.45, 2.75) is 37.1 Å². The van der Waals surface area contributed by atoms with Crippen molar-refractivity contribution in [2.75, 3.05) is 37.7 Å². The summed E-state index contributed by atoms with van der Waals surface area (Å²) in [7, 11) is 1.78. The van der Waals surface area contributed by atoms with E-state index >= 15 is 0 Å². The molecule has 3 heterocycles. The topological polar surface area (TPSA) is 164 Å². The molecule has 206 valence electrons. The van der Waals surface area contributed by atoms with Crippen LogP contribution in [0.5, 0.6) is 0 Å². The number of aromatic nitrogens is 4. The first-order chi connectivity index (χ1) is 18.0. The number of alkyl halides is 3. The Labute approximate surface area is 219 Å². The van der Waals surface area contributed by atoms with Gasteiger partial charge in [-0.1, -0.05) is 11.6 Å². The third-order valence-electron chi connectivity index (χ3n) is 6.02. The molecule has 0 bridgehead atoms. The van der Waals surface area contributed by atoms with Crippen LogP contribution in [0.1, 0.15) is 18.2 Å². The zero-order valence-corrected chi connectivity index (χ0v) is 20.8. The van der Waals surface area contributed by atoms with Crippen LogP contribution in [-0.2, 0) is 10.9 Å². The van der Waals surface area contributed by atoms with E-state index in [0.29, 0.717) is 24.1 Å². The molecule has 2 aromatic heterocycles. The van der Waals surface area contributed by atoms with Gasteiger partial charge in [-0.2, -0.15) is 13.2 Å². The largest absolute Gasteiger partial charge is 0.417 e. The molecular weight excluding hydrogens is 533 g/mol. The quantitative estimate of drug-likeness (QED) is 0.259. The summed E-state index contributed by atoms with van der Waals surface area (Å²) in [5.41, 5.74) is 5.43. The molecule has 1 aliphatic rings. The molecule has 4 atom stereocenters. The molecule has 0 saturated carbocycles. The maximum Gasteiger partial charge on any atom is 0.417 e. The zero-order chi connectivity index (χ0) is 27.6. The number of nitrogens with one attached hydrogen (secondary N) is 2. The number of ether oxygens (including phenoxy) is 1. The van der Waals surface area contributed by atoms with Crippen LogP contribution in [0.4, 0.5) is 29.5 Å². The fourth-order valence-corrected chi connectivity index (χ4v) is 4.34. The van der Waals surface area contributed by atoms with Gasteiger partial charge in [0.25, 0.3) is 0 Å². The van der Waals surface area contributed by atoms with Gasteiger partial charge in [0.15, 0.2) is 17.7 Å². The molecule has 1 aromatic carbocycles. The average molecular weight is 559 g/mol.